The van der Waals surface area contributed by atoms with Crippen molar-refractivity contribution in [2.24, 2.45) is 5.73 Å². The van der Waals surface area contributed by atoms with Gasteiger partial charge in [-0.2, -0.15) is 5.10 Å². The summed E-state index contributed by atoms with van der Waals surface area (Å²) in [5, 5.41) is 15.4. The average Bonchev–Trinajstić information content (AvgIpc) is 3.35. The van der Waals surface area contributed by atoms with Crippen LogP contribution in [0.3, 0.4) is 0 Å². The molecular weight excluding hydrogens is 506 g/mol. The molecule has 1 aliphatic carbocycles. The van der Waals surface area contributed by atoms with Crippen molar-refractivity contribution in [1.82, 2.24) is 14.6 Å². The zero-order valence-electron chi connectivity index (χ0n) is 22.8. The van der Waals surface area contributed by atoms with E-state index >= 15 is 0 Å². The minimum absolute atomic E-state index is 0.516. The zero-order chi connectivity index (χ0) is 28.2. The minimum Gasteiger partial charge on any atom is -0.399 e. The predicted molar refractivity (Wildman–Crippen MR) is 165 cm³/mol. The number of benzene rings is 4. The van der Waals surface area contributed by atoms with Crippen LogP contribution in [-0.2, 0) is 5.54 Å². The summed E-state index contributed by atoms with van der Waals surface area (Å²) in [5.74, 6) is 0. The van der Waals surface area contributed by atoms with Crippen LogP contribution in [0.1, 0.15) is 25.3 Å². The molecule has 6 aromatic rings. The lowest BCUT2D eigenvalue weighted by Crippen LogP contribution is -2.58. The van der Waals surface area contributed by atoms with Crippen LogP contribution >= 0.6 is 0 Å². The van der Waals surface area contributed by atoms with Crippen LogP contribution in [0.15, 0.2) is 115 Å². The van der Waals surface area contributed by atoms with Crippen molar-refractivity contribution < 1.29 is 5.11 Å². The molecule has 0 atom stereocenters. The number of anilines is 1. The van der Waals surface area contributed by atoms with Gasteiger partial charge < -0.3 is 16.6 Å². The Labute approximate surface area is 238 Å². The number of nitrogen functional groups attached to an aromatic ring is 1. The summed E-state index contributed by atoms with van der Waals surface area (Å²) in [6.07, 6.45) is 3.15. The fourth-order valence-electron chi connectivity index (χ4n) is 6.25. The predicted octanol–water partition coefficient (Wildman–Crippen LogP) is 6.68. The lowest BCUT2D eigenvalue weighted by molar-refractivity contribution is -0.0738. The zero-order valence-corrected chi connectivity index (χ0v) is 22.8. The van der Waals surface area contributed by atoms with Crippen LogP contribution in [0.25, 0.3) is 50.4 Å². The normalized spacial score (nSPS) is 20.2. The first-order valence-electron chi connectivity index (χ1n) is 13.8. The van der Waals surface area contributed by atoms with E-state index in [1.807, 2.05) is 66.0 Å². The van der Waals surface area contributed by atoms with Gasteiger partial charge in [-0.1, -0.05) is 97.1 Å². The molecule has 6 nitrogen and oxygen atoms in total. The number of aromatic nitrogens is 3. The molecule has 1 saturated carbocycles. The lowest BCUT2D eigenvalue weighted by atomic mass is 9.63. The minimum atomic E-state index is -0.712. The number of fused-ring (bicyclic) bond motifs is 1. The Hall–Kier alpha value is -4.78. The van der Waals surface area contributed by atoms with Crippen LogP contribution < -0.4 is 11.5 Å². The summed E-state index contributed by atoms with van der Waals surface area (Å²) in [6, 6.07) is 36.6. The smallest absolute Gasteiger partial charge is 0.164 e. The Morgan fingerprint density at radius 2 is 1.34 bits per heavy atom. The Bertz CT molecular complexity index is 1870. The van der Waals surface area contributed by atoms with Crippen molar-refractivity contribution in [3.05, 3.63) is 121 Å². The van der Waals surface area contributed by atoms with Gasteiger partial charge in [-0.05, 0) is 48.6 Å². The molecule has 1 aliphatic rings. The third-order valence-corrected chi connectivity index (χ3v) is 8.04. The van der Waals surface area contributed by atoms with E-state index in [1.165, 1.54) is 0 Å². The van der Waals surface area contributed by atoms with E-state index in [0.717, 1.165) is 56.0 Å². The third kappa shape index (κ3) is 4.47. The van der Waals surface area contributed by atoms with Gasteiger partial charge in [0.15, 0.2) is 5.65 Å². The number of hydrogen-bond donors (Lipinski definition) is 3. The van der Waals surface area contributed by atoms with Gasteiger partial charge in [0.2, 0.25) is 0 Å². The fourth-order valence-corrected chi connectivity index (χ4v) is 6.25. The number of rotatable bonds is 5. The Balaban J connectivity index is 1.46. The summed E-state index contributed by atoms with van der Waals surface area (Å²) in [4.78, 5) is 5.31. The van der Waals surface area contributed by atoms with E-state index in [2.05, 4.69) is 60.8 Å². The monoisotopic (exact) mass is 537 g/mol. The maximum Gasteiger partial charge on any atom is 0.164 e. The summed E-state index contributed by atoms with van der Waals surface area (Å²) >= 11 is 0. The summed E-state index contributed by atoms with van der Waals surface area (Å²) in [7, 11) is 0. The molecule has 0 amide bonds. The maximum atomic E-state index is 10.3. The molecule has 41 heavy (non-hydrogen) atoms. The van der Waals surface area contributed by atoms with Crippen molar-refractivity contribution in [2.45, 2.75) is 30.9 Å². The molecule has 0 spiro atoms. The van der Waals surface area contributed by atoms with Crippen LogP contribution in [0.2, 0.25) is 0 Å². The first-order chi connectivity index (χ1) is 19.8. The van der Waals surface area contributed by atoms with E-state index in [-0.39, 0.29) is 0 Å². The molecule has 1 fully saturated rings. The van der Waals surface area contributed by atoms with Crippen molar-refractivity contribution in [1.29, 1.82) is 0 Å². The van der Waals surface area contributed by atoms with E-state index in [4.69, 9.17) is 21.5 Å². The van der Waals surface area contributed by atoms with E-state index in [9.17, 15) is 5.11 Å². The van der Waals surface area contributed by atoms with E-state index in [0.29, 0.717) is 18.5 Å². The molecule has 0 radical (unpaired) electrons. The second kappa shape index (κ2) is 9.41. The van der Waals surface area contributed by atoms with Crippen molar-refractivity contribution in [2.75, 3.05) is 5.73 Å². The standard InChI is InChI=1S/C35H31N5O/c1-34(41)21-35(37,22-34)27-17-15-25(16-18-27)31-29(23-9-4-2-5-10-23)20-40-33(38-31)30(26-13-8-14-28(36)19-26)32(39-40)24-11-6-3-7-12-24/h2-20,41H,21-22,36-37H2,1H3/t34-,35-. The van der Waals surface area contributed by atoms with Gasteiger partial charge in [0.05, 0.1) is 16.9 Å². The topological polar surface area (TPSA) is 102 Å². The molecular formula is C35H31N5O. The van der Waals surface area contributed by atoms with Crippen LogP contribution in [-0.4, -0.2) is 25.3 Å². The fraction of sp³-hybridized carbons (Fsp3) is 0.143. The van der Waals surface area contributed by atoms with E-state index in [1.54, 1.807) is 0 Å². The van der Waals surface area contributed by atoms with Crippen molar-refractivity contribution in [3.63, 3.8) is 0 Å². The van der Waals surface area contributed by atoms with E-state index < -0.39 is 11.1 Å². The van der Waals surface area contributed by atoms with Gasteiger partial charge in [-0.15, -0.1) is 0 Å². The highest BCUT2D eigenvalue weighted by Crippen LogP contribution is 2.46. The van der Waals surface area contributed by atoms with Crippen molar-refractivity contribution >= 4 is 11.3 Å². The maximum absolute atomic E-state index is 10.3. The number of aliphatic hydroxyl groups is 1. The van der Waals surface area contributed by atoms with Crippen molar-refractivity contribution in [3.8, 4) is 44.8 Å². The van der Waals surface area contributed by atoms with Gasteiger partial charge in [-0.25, -0.2) is 9.50 Å². The average molecular weight is 538 g/mol. The largest absolute Gasteiger partial charge is 0.399 e. The molecule has 0 bridgehead atoms. The molecule has 7 rings (SSSR count). The van der Waals surface area contributed by atoms with Crippen LogP contribution in [0, 0.1) is 0 Å². The lowest BCUT2D eigenvalue weighted by Gasteiger charge is -2.49. The Kier molecular flexibility index (Phi) is 5.78. The van der Waals surface area contributed by atoms with Crippen LogP contribution in [0.4, 0.5) is 5.69 Å². The second-order valence-electron chi connectivity index (χ2n) is 11.4. The highest BCUT2D eigenvalue weighted by molar-refractivity contribution is 5.93. The number of nitrogens with two attached hydrogens (primary N) is 2. The van der Waals surface area contributed by atoms with Gasteiger partial charge >= 0.3 is 0 Å². The molecule has 2 heterocycles. The Morgan fingerprint density at radius 3 is 1.98 bits per heavy atom. The highest BCUT2D eigenvalue weighted by Gasteiger charge is 2.49. The highest BCUT2D eigenvalue weighted by atomic mass is 16.3. The molecule has 0 aliphatic heterocycles. The van der Waals surface area contributed by atoms with Gasteiger partial charge in [0, 0.05) is 34.1 Å². The number of hydrogen-bond acceptors (Lipinski definition) is 5. The summed E-state index contributed by atoms with van der Waals surface area (Å²) < 4.78 is 1.88. The summed E-state index contributed by atoms with van der Waals surface area (Å²) in [5.41, 5.74) is 21.7. The third-order valence-electron chi connectivity index (χ3n) is 8.04. The van der Waals surface area contributed by atoms with Crippen LogP contribution in [0.5, 0.6) is 0 Å². The molecule has 0 saturated heterocycles. The first kappa shape index (κ1) is 25.2. The molecule has 5 N–H and O–H groups in total. The quantitative estimate of drug-likeness (QED) is 0.213. The van der Waals surface area contributed by atoms with Gasteiger partial charge in [0.1, 0.15) is 5.69 Å². The second-order valence-corrected chi connectivity index (χ2v) is 11.4. The molecule has 4 aromatic carbocycles. The Morgan fingerprint density at radius 1 is 0.732 bits per heavy atom. The number of nitrogens with zero attached hydrogens (tertiary/aromatic N) is 3. The molecule has 0 unspecified atom stereocenters. The van der Waals surface area contributed by atoms with Gasteiger partial charge in [-0.3, -0.25) is 0 Å². The molecule has 202 valence electrons. The SMILES string of the molecule is C[C@]1(O)C[C@@](N)(c2ccc(-c3nc4c(-c5cccc(N)c5)c(-c5ccccc5)nn4cc3-c3ccccc3)cc2)C1. The molecule has 6 heteroatoms. The summed E-state index contributed by atoms with van der Waals surface area (Å²) in [6.45, 7) is 1.84. The first-order valence-corrected chi connectivity index (χ1v) is 13.8. The molecule has 2 aromatic heterocycles. The van der Waals surface area contributed by atoms with Gasteiger partial charge in [0.25, 0.3) is 0 Å².